The van der Waals surface area contributed by atoms with E-state index in [-0.39, 0.29) is 18.7 Å². The van der Waals surface area contributed by atoms with Crippen LogP contribution in [0.25, 0.3) is 11.1 Å². The number of rotatable bonds is 4. The van der Waals surface area contributed by atoms with Gasteiger partial charge >= 0.3 is 0 Å². The van der Waals surface area contributed by atoms with Crippen LogP contribution >= 0.6 is 0 Å². The molecule has 1 aromatic heterocycles. The molecule has 1 amide bonds. The number of carbonyl (C=O) groups is 1. The van der Waals surface area contributed by atoms with Gasteiger partial charge in [-0.3, -0.25) is 4.79 Å². The highest BCUT2D eigenvalue weighted by Gasteiger charge is 2.04. The number of aryl methyl sites for hydroxylation is 1. The molecule has 0 aliphatic carbocycles. The molecule has 0 saturated heterocycles. The maximum Gasteiger partial charge on any atom is 0.221 e. The van der Waals surface area contributed by atoms with Gasteiger partial charge in [0.05, 0.1) is 6.07 Å². The smallest absolute Gasteiger partial charge is 0.221 e. The van der Waals surface area contributed by atoms with Gasteiger partial charge in [0.1, 0.15) is 5.52 Å². The largest absolute Gasteiger partial charge is 0.441 e. The van der Waals surface area contributed by atoms with Crippen LogP contribution in [0.5, 0.6) is 0 Å². The van der Waals surface area contributed by atoms with E-state index in [4.69, 9.17) is 9.68 Å². The zero-order valence-corrected chi connectivity index (χ0v) is 10.1. The molecule has 0 aliphatic heterocycles. The Balaban J connectivity index is 1.99. The molecule has 0 atom stereocenters. The van der Waals surface area contributed by atoms with E-state index in [1.54, 1.807) is 6.92 Å². The van der Waals surface area contributed by atoms with Crippen LogP contribution < -0.4 is 5.32 Å². The average molecular weight is 243 g/mol. The third-order valence-corrected chi connectivity index (χ3v) is 2.51. The molecular formula is C13H13N3O2. The summed E-state index contributed by atoms with van der Waals surface area (Å²) in [5, 5.41) is 11.1. The number of hydrogen-bond donors (Lipinski definition) is 1. The maximum atomic E-state index is 11.3. The van der Waals surface area contributed by atoms with Crippen LogP contribution in [-0.2, 0) is 11.3 Å². The van der Waals surface area contributed by atoms with E-state index in [9.17, 15) is 4.79 Å². The van der Waals surface area contributed by atoms with Crippen LogP contribution in [0.15, 0.2) is 22.6 Å². The molecule has 5 nitrogen and oxygen atoms in total. The molecule has 0 unspecified atom stereocenters. The summed E-state index contributed by atoms with van der Waals surface area (Å²) in [6, 6.07) is 7.56. The third kappa shape index (κ3) is 2.86. The number of nitrogens with one attached hydrogen (secondary N) is 1. The van der Waals surface area contributed by atoms with Crippen molar-refractivity contribution >= 4 is 17.0 Å². The monoisotopic (exact) mass is 243 g/mol. The van der Waals surface area contributed by atoms with E-state index >= 15 is 0 Å². The molecule has 1 aromatic carbocycles. The lowest BCUT2D eigenvalue weighted by atomic mass is 10.2. The lowest BCUT2D eigenvalue weighted by Gasteiger charge is -2.03. The Kier molecular flexibility index (Phi) is 3.58. The quantitative estimate of drug-likeness (QED) is 0.891. The molecule has 2 aromatic rings. The number of aromatic nitrogens is 1. The van der Waals surface area contributed by atoms with Crippen molar-refractivity contribution in [3.63, 3.8) is 0 Å². The SMILES string of the molecule is Cc1nc2ccc(CNC(=O)CCC#N)cc2o1. The summed E-state index contributed by atoms with van der Waals surface area (Å²) in [6.07, 6.45) is 0.478. The fourth-order valence-corrected chi connectivity index (χ4v) is 1.65. The van der Waals surface area contributed by atoms with Crippen molar-refractivity contribution in [1.82, 2.24) is 10.3 Å². The molecule has 18 heavy (non-hydrogen) atoms. The summed E-state index contributed by atoms with van der Waals surface area (Å²) >= 11 is 0. The number of amides is 1. The van der Waals surface area contributed by atoms with Crippen LogP contribution in [0.3, 0.4) is 0 Å². The highest BCUT2D eigenvalue weighted by Crippen LogP contribution is 2.16. The minimum Gasteiger partial charge on any atom is -0.441 e. The fourth-order valence-electron chi connectivity index (χ4n) is 1.65. The van der Waals surface area contributed by atoms with E-state index < -0.39 is 0 Å². The second-order valence-corrected chi connectivity index (χ2v) is 3.97. The summed E-state index contributed by atoms with van der Waals surface area (Å²) in [5.74, 6) is 0.505. The van der Waals surface area contributed by atoms with Gasteiger partial charge < -0.3 is 9.73 Å². The summed E-state index contributed by atoms with van der Waals surface area (Å²) in [7, 11) is 0. The van der Waals surface area contributed by atoms with Crippen LogP contribution in [-0.4, -0.2) is 10.9 Å². The number of oxazole rings is 1. The zero-order chi connectivity index (χ0) is 13.0. The first-order valence-electron chi connectivity index (χ1n) is 5.69. The number of nitriles is 1. The Morgan fingerprint density at radius 1 is 1.56 bits per heavy atom. The first-order chi connectivity index (χ1) is 8.69. The van der Waals surface area contributed by atoms with Crippen molar-refractivity contribution in [3.05, 3.63) is 29.7 Å². The Morgan fingerprint density at radius 3 is 3.17 bits per heavy atom. The van der Waals surface area contributed by atoms with E-state index in [0.29, 0.717) is 12.4 Å². The molecule has 2 rings (SSSR count). The van der Waals surface area contributed by atoms with Gasteiger partial charge in [-0.2, -0.15) is 5.26 Å². The van der Waals surface area contributed by atoms with Crippen LogP contribution in [0, 0.1) is 18.3 Å². The van der Waals surface area contributed by atoms with Crippen molar-refractivity contribution in [1.29, 1.82) is 5.26 Å². The highest BCUT2D eigenvalue weighted by molar-refractivity contribution is 5.76. The summed E-state index contributed by atoms with van der Waals surface area (Å²) < 4.78 is 5.41. The summed E-state index contributed by atoms with van der Waals surface area (Å²) in [6.45, 7) is 2.23. The van der Waals surface area contributed by atoms with Gasteiger partial charge in [-0.05, 0) is 17.7 Å². The number of benzene rings is 1. The van der Waals surface area contributed by atoms with Crippen molar-refractivity contribution < 1.29 is 9.21 Å². The van der Waals surface area contributed by atoms with Crippen molar-refractivity contribution in [2.75, 3.05) is 0 Å². The number of fused-ring (bicyclic) bond motifs is 1. The first kappa shape index (κ1) is 12.1. The van der Waals surface area contributed by atoms with E-state index in [0.717, 1.165) is 16.7 Å². The molecule has 1 N–H and O–H groups in total. The highest BCUT2D eigenvalue weighted by atomic mass is 16.3. The normalized spacial score (nSPS) is 10.2. The van der Waals surface area contributed by atoms with Gasteiger partial charge in [0, 0.05) is 26.3 Å². The van der Waals surface area contributed by atoms with Gasteiger partial charge in [-0.15, -0.1) is 0 Å². The van der Waals surface area contributed by atoms with Crippen molar-refractivity contribution in [3.8, 4) is 6.07 Å². The minimum absolute atomic E-state index is 0.120. The van der Waals surface area contributed by atoms with Gasteiger partial charge in [0.15, 0.2) is 11.5 Å². The fraction of sp³-hybridized carbons (Fsp3) is 0.308. The van der Waals surface area contributed by atoms with E-state index in [2.05, 4.69) is 10.3 Å². The van der Waals surface area contributed by atoms with Gasteiger partial charge in [-0.25, -0.2) is 4.98 Å². The zero-order valence-electron chi connectivity index (χ0n) is 10.1. The van der Waals surface area contributed by atoms with E-state index in [1.165, 1.54) is 0 Å². The summed E-state index contributed by atoms with van der Waals surface area (Å²) in [5.41, 5.74) is 2.48. The molecule has 92 valence electrons. The molecule has 0 fully saturated rings. The Labute approximate surface area is 104 Å². The molecule has 5 heteroatoms. The van der Waals surface area contributed by atoms with E-state index in [1.807, 2.05) is 24.3 Å². The lowest BCUT2D eigenvalue weighted by Crippen LogP contribution is -2.22. The van der Waals surface area contributed by atoms with Gasteiger partial charge in [0.2, 0.25) is 5.91 Å². The third-order valence-electron chi connectivity index (χ3n) is 2.51. The molecular weight excluding hydrogens is 230 g/mol. The minimum atomic E-state index is -0.120. The molecule has 0 bridgehead atoms. The Bertz CT molecular complexity index is 610. The molecule has 0 radical (unpaired) electrons. The lowest BCUT2D eigenvalue weighted by molar-refractivity contribution is -0.121. The number of nitrogens with zero attached hydrogens (tertiary/aromatic N) is 2. The van der Waals surface area contributed by atoms with Crippen LogP contribution in [0.4, 0.5) is 0 Å². The summed E-state index contributed by atoms with van der Waals surface area (Å²) in [4.78, 5) is 15.5. The first-order valence-corrected chi connectivity index (χ1v) is 5.69. The molecule has 1 heterocycles. The van der Waals surface area contributed by atoms with Crippen molar-refractivity contribution in [2.24, 2.45) is 0 Å². The van der Waals surface area contributed by atoms with Crippen LogP contribution in [0.1, 0.15) is 24.3 Å². The number of hydrogen-bond acceptors (Lipinski definition) is 4. The van der Waals surface area contributed by atoms with Gasteiger partial charge in [-0.1, -0.05) is 6.07 Å². The second-order valence-electron chi connectivity index (χ2n) is 3.97. The second kappa shape index (κ2) is 5.32. The van der Waals surface area contributed by atoms with Crippen LogP contribution in [0.2, 0.25) is 0 Å². The Hall–Kier alpha value is -2.35. The van der Waals surface area contributed by atoms with Crippen molar-refractivity contribution in [2.45, 2.75) is 26.3 Å². The Morgan fingerprint density at radius 2 is 2.39 bits per heavy atom. The maximum absolute atomic E-state index is 11.3. The topological polar surface area (TPSA) is 78.9 Å². The number of carbonyl (C=O) groups excluding carboxylic acids is 1. The molecule has 0 spiro atoms. The van der Waals surface area contributed by atoms with Gasteiger partial charge in [0.25, 0.3) is 0 Å². The molecule has 0 saturated carbocycles. The predicted molar refractivity (Wildman–Crippen MR) is 65.4 cm³/mol. The average Bonchev–Trinajstić information content (AvgIpc) is 2.73. The molecule has 0 aliphatic rings. The predicted octanol–water partition coefficient (Wildman–Crippen LogP) is 2.06. The standard InChI is InChI=1S/C13H13N3O2/c1-9-16-11-5-4-10(7-12(11)18-9)8-15-13(17)3-2-6-14/h4-5,7H,2-3,8H2,1H3,(H,15,17).